The van der Waals surface area contributed by atoms with Crippen LogP contribution in [0.25, 0.3) is 0 Å². The first-order chi connectivity index (χ1) is 9.92. The lowest BCUT2D eigenvalue weighted by Crippen LogP contribution is -2.19. The fourth-order valence-corrected chi connectivity index (χ4v) is 2.43. The molecule has 110 valence electrons. The van der Waals surface area contributed by atoms with Gasteiger partial charge in [0.25, 0.3) is 5.91 Å². The highest BCUT2D eigenvalue weighted by atomic mass is 35.5. The molecule has 2 aromatic rings. The van der Waals surface area contributed by atoms with Gasteiger partial charge in [-0.25, -0.2) is 18.1 Å². The minimum Gasteiger partial charge on any atom is -0.321 e. The topological polar surface area (TPSA) is 101 Å². The molecule has 1 aromatic heterocycles. The van der Waals surface area contributed by atoms with Crippen LogP contribution in [0.1, 0.15) is 10.5 Å². The number of amides is 1. The van der Waals surface area contributed by atoms with Gasteiger partial charge in [0.1, 0.15) is 10.8 Å². The number of halogens is 1. The van der Waals surface area contributed by atoms with E-state index in [1.807, 2.05) is 0 Å². The zero-order chi connectivity index (χ0) is 15.5. The number of hydrogen-bond donors (Lipinski definition) is 2. The Labute approximate surface area is 126 Å². The summed E-state index contributed by atoms with van der Waals surface area (Å²) in [7, 11) is -2.27. The lowest BCUT2D eigenvalue weighted by atomic mass is 10.3. The summed E-state index contributed by atoms with van der Waals surface area (Å²) in [6.45, 7) is 0. The van der Waals surface area contributed by atoms with Gasteiger partial charge in [-0.3, -0.25) is 9.78 Å². The van der Waals surface area contributed by atoms with Crippen LogP contribution in [0.3, 0.4) is 0 Å². The van der Waals surface area contributed by atoms with Crippen LogP contribution < -0.4 is 10.0 Å². The van der Waals surface area contributed by atoms with Crippen molar-refractivity contribution in [3.63, 3.8) is 0 Å². The number of carbonyl (C=O) groups is 1. The van der Waals surface area contributed by atoms with Crippen LogP contribution in [0.15, 0.2) is 41.6 Å². The van der Waals surface area contributed by atoms with E-state index >= 15 is 0 Å². The fourth-order valence-electron chi connectivity index (χ4n) is 1.51. The molecule has 0 saturated carbocycles. The maximum Gasteiger partial charge on any atom is 0.275 e. The summed E-state index contributed by atoms with van der Waals surface area (Å²) < 4.78 is 25.6. The van der Waals surface area contributed by atoms with Crippen molar-refractivity contribution < 1.29 is 13.2 Å². The molecule has 21 heavy (non-hydrogen) atoms. The highest BCUT2D eigenvalue weighted by Crippen LogP contribution is 2.16. The van der Waals surface area contributed by atoms with Crippen LogP contribution in [-0.2, 0) is 10.0 Å². The summed E-state index contributed by atoms with van der Waals surface area (Å²) in [5, 5.41) is 2.62. The Morgan fingerprint density at radius 1 is 1.29 bits per heavy atom. The van der Waals surface area contributed by atoms with Crippen LogP contribution in [0.2, 0.25) is 5.15 Å². The molecule has 1 heterocycles. The lowest BCUT2D eigenvalue weighted by Gasteiger charge is -2.07. The van der Waals surface area contributed by atoms with Crippen molar-refractivity contribution in [1.29, 1.82) is 0 Å². The summed E-state index contributed by atoms with van der Waals surface area (Å²) >= 11 is 5.65. The SMILES string of the molecule is CNS(=O)(=O)c1cccc(NC(=O)c2cncc(Cl)n2)c1. The van der Waals surface area contributed by atoms with Crippen LogP contribution in [0.4, 0.5) is 5.69 Å². The average Bonchev–Trinajstić information content (AvgIpc) is 2.47. The summed E-state index contributed by atoms with van der Waals surface area (Å²) in [6, 6.07) is 5.83. The molecule has 1 amide bonds. The molecule has 2 rings (SSSR count). The van der Waals surface area contributed by atoms with E-state index in [4.69, 9.17) is 11.6 Å². The molecular formula is C12H11ClN4O3S. The Kier molecular flexibility index (Phi) is 4.51. The number of rotatable bonds is 4. The molecule has 7 nitrogen and oxygen atoms in total. The first-order valence-corrected chi connectivity index (χ1v) is 7.61. The molecule has 0 aliphatic rings. The Hall–Kier alpha value is -2.03. The number of benzene rings is 1. The molecule has 1 aromatic carbocycles. The standard InChI is InChI=1S/C12H11ClN4O3S/c1-14-21(19,20)9-4-2-3-8(5-9)16-12(18)10-6-15-7-11(13)17-10/h2-7,14H,1H3,(H,16,18). The number of hydrogen-bond acceptors (Lipinski definition) is 5. The fraction of sp³-hybridized carbons (Fsp3) is 0.0833. The third-order valence-corrected chi connectivity index (χ3v) is 4.10. The zero-order valence-corrected chi connectivity index (χ0v) is 12.4. The first-order valence-electron chi connectivity index (χ1n) is 5.75. The predicted octanol–water partition coefficient (Wildman–Crippen LogP) is 1.29. The van der Waals surface area contributed by atoms with Gasteiger partial charge < -0.3 is 5.32 Å². The lowest BCUT2D eigenvalue weighted by molar-refractivity contribution is 0.102. The Balaban J connectivity index is 2.24. The van der Waals surface area contributed by atoms with Gasteiger partial charge in [0.15, 0.2) is 0 Å². The largest absolute Gasteiger partial charge is 0.321 e. The van der Waals surface area contributed by atoms with Crippen molar-refractivity contribution in [2.24, 2.45) is 0 Å². The first kappa shape index (κ1) is 15.4. The van der Waals surface area contributed by atoms with E-state index in [9.17, 15) is 13.2 Å². The number of aromatic nitrogens is 2. The van der Waals surface area contributed by atoms with Gasteiger partial charge in [-0.2, -0.15) is 0 Å². The Bertz CT molecular complexity index is 780. The summed E-state index contributed by atoms with van der Waals surface area (Å²) in [6.07, 6.45) is 2.56. The van der Waals surface area contributed by atoms with Gasteiger partial charge in [0.05, 0.1) is 17.3 Å². The third-order valence-electron chi connectivity index (χ3n) is 2.51. The van der Waals surface area contributed by atoms with Crippen molar-refractivity contribution in [2.45, 2.75) is 4.90 Å². The minimum atomic E-state index is -3.58. The summed E-state index contributed by atoms with van der Waals surface area (Å²) in [4.78, 5) is 19.6. The monoisotopic (exact) mass is 326 g/mol. The van der Waals surface area contributed by atoms with E-state index in [1.54, 1.807) is 6.07 Å². The van der Waals surface area contributed by atoms with Crippen LogP contribution in [0.5, 0.6) is 0 Å². The Morgan fingerprint density at radius 2 is 2.05 bits per heavy atom. The second-order valence-corrected chi connectivity index (χ2v) is 6.19. The van der Waals surface area contributed by atoms with E-state index in [-0.39, 0.29) is 15.7 Å². The summed E-state index contributed by atoms with van der Waals surface area (Å²) in [5.41, 5.74) is 0.350. The van der Waals surface area contributed by atoms with Gasteiger partial charge >= 0.3 is 0 Å². The van der Waals surface area contributed by atoms with Crippen molar-refractivity contribution in [3.8, 4) is 0 Å². The maximum atomic E-state index is 12.0. The normalized spacial score (nSPS) is 11.1. The quantitative estimate of drug-likeness (QED) is 0.881. The van der Waals surface area contributed by atoms with Crippen molar-refractivity contribution in [3.05, 3.63) is 47.5 Å². The van der Waals surface area contributed by atoms with E-state index < -0.39 is 15.9 Å². The number of nitrogens with zero attached hydrogens (tertiary/aromatic N) is 2. The number of anilines is 1. The van der Waals surface area contributed by atoms with Crippen LogP contribution in [0, 0.1) is 0 Å². The highest BCUT2D eigenvalue weighted by Gasteiger charge is 2.13. The average molecular weight is 327 g/mol. The maximum absolute atomic E-state index is 12.0. The van der Waals surface area contributed by atoms with Gasteiger partial charge in [-0.1, -0.05) is 17.7 Å². The molecular weight excluding hydrogens is 316 g/mol. The molecule has 2 N–H and O–H groups in total. The molecule has 0 radical (unpaired) electrons. The number of nitrogens with one attached hydrogen (secondary N) is 2. The van der Waals surface area contributed by atoms with E-state index in [2.05, 4.69) is 20.0 Å². The van der Waals surface area contributed by atoms with Gasteiger partial charge in [0.2, 0.25) is 10.0 Å². The molecule has 0 saturated heterocycles. The van der Waals surface area contributed by atoms with Gasteiger partial charge in [-0.05, 0) is 25.2 Å². The van der Waals surface area contributed by atoms with Crippen molar-refractivity contribution >= 4 is 33.2 Å². The second-order valence-electron chi connectivity index (χ2n) is 3.92. The molecule has 0 atom stereocenters. The third kappa shape index (κ3) is 3.75. The van der Waals surface area contributed by atoms with E-state index in [0.717, 1.165) is 0 Å². The predicted molar refractivity (Wildman–Crippen MR) is 77.7 cm³/mol. The molecule has 0 bridgehead atoms. The van der Waals surface area contributed by atoms with Crippen molar-refractivity contribution in [2.75, 3.05) is 12.4 Å². The molecule has 0 unspecified atom stereocenters. The minimum absolute atomic E-state index is 0.0318. The summed E-state index contributed by atoms with van der Waals surface area (Å²) in [5.74, 6) is -0.538. The van der Waals surface area contributed by atoms with Crippen LogP contribution >= 0.6 is 11.6 Å². The number of carbonyl (C=O) groups excluding carboxylic acids is 1. The molecule has 0 aliphatic carbocycles. The van der Waals surface area contributed by atoms with Crippen LogP contribution in [-0.4, -0.2) is 31.3 Å². The molecule has 0 aliphatic heterocycles. The highest BCUT2D eigenvalue weighted by molar-refractivity contribution is 7.89. The van der Waals surface area contributed by atoms with Crippen molar-refractivity contribution in [1.82, 2.24) is 14.7 Å². The molecule has 0 fully saturated rings. The van der Waals surface area contributed by atoms with Gasteiger partial charge in [-0.15, -0.1) is 0 Å². The van der Waals surface area contributed by atoms with Gasteiger partial charge in [0, 0.05) is 5.69 Å². The molecule has 9 heteroatoms. The van der Waals surface area contributed by atoms with E-state index in [0.29, 0.717) is 5.69 Å². The zero-order valence-electron chi connectivity index (χ0n) is 10.9. The number of sulfonamides is 1. The molecule has 0 spiro atoms. The smallest absolute Gasteiger partial charge is 0.275 e. The second kappa shape index (κ2) is 6.17. The van der Waals surface area contributed by atoms with E-state index in [1.165, 1.54) is 37.6 Å². The Morgan fingerprint density at radius 3 is 2.71 bits per heavy atom.